The summed E-state index contributed by atoms with van der Waals surface area (Å²) in [5.41, 5.74) is 18.2. The molecular formula is C90H66BN3Si2. The van der Waals surface area contributed by atoms with Crippen LogP contribution in [-0.4, -0.2) is 22.9 Å². The lowest BCUT2D eigenvalue weighted by atomic mass is 9.33. The minimum atomic E-state index is -3.14. The van der Waals surface area contributed by atoms with Crippen LogP contribution in [0.1, 0.15) is 0 Å². The van der Waals surface area contributed by atoms with Crippen LogP contribution in [0, 0.1) is 0 Å². The highest BCUT2D eigenvalue weighted by molar-refractivity contribution is 7.20. The lowest BCUT2D eigenvalue weighted by Crippen LogP contribution is -2.75. The molecule has 0 amide bonds. The van der Waals surface area contributed by atoms with Gasteiger partial charge in [-0.2, -0.15) is 0 Å². The second kappa shape index (κ2) is 24.9. The Morgan fingerprint density at radius 2 is 0.521 bits per heavy atom. The fourth-order valence-corrected chi connectivity index (χ4v) is 25.3. The van der Waals surface area contributed by atoms with Gasteiger partial charge in [-0.25, -0.2) is 0 Å². The Bertz CT molecular complexity index is 5000. The Kier molecular flexibility index (Phi) is 15.1. The van der Waals surface area contributed by atoms with Crippen molar-refractivity contribution < 1.29 is 0 Å². The Balaban J connectivity index is 1.03. The first-order valence-electron chi connectivity index (χ1n) is 33.3. The molecule has 17 rings (SSSR count). The van der Waals surface area contributed by atoms with Gasteiger partial charge >= 0.3 is 0 Å². The van der Waals surface area contributed by atoms with Crippen molar-refractivity contribution in [1.29, 1.82) is 0 Å². The zero-order chi connectivity index (χ0) is 63.8. The van der Waals surface area contributed by atoms with Crippen LogP contribution in [-0.2, 0) is 0 Å². The Morgan fingerprint density at radius 3 is 0.938 bits per heavy atom. The first-order chi connectivity index (χ1) is 47.6. The predicted molar refractivity (Wildman–Crippen MR) is 413 cm³/mol. The molecule has 2 aliphatic rings. The van der Waals surface area contributed by atoms with Crippen LogP contribution < -0.4 is 72.6 Å². The molecular weight excluding hydrogens is 1190 g/mol. The monoisotopic (exact) mass is 1260 g/mol. The van der Waals surface area contributed by atoms with Crippen molar-refractivity contribution in [3.8, 4) is 22.3 Å². The molecule has 0 aromatic heterocycles. The first-order valence-corrected chi connectivity index (χ1v) is 37.3. The van der Waals surface area contributed by atoms with Gasteiger partial charge in [0.25, 0.3) is 6.71 Å². The molecule has 15 aromatic carbocycles. The van der Waals surface area contributed by atoms with E-state index in [1.165, 1.54) is 69.0 Å². The molecule has 96 heavy (non-hydrogen) atoms. The molecule has 3 nitrogen and oxygen atoms in total. The van der Waals surface area contributed by atoms with E-state index in [0.29, 0.717) is 0 Å². The molecule has 15 aromatic rings. The van der Waals surface area contributed by atoms with Gasteiger partial charge in [0.15, 0.2) is 16.1 Å². The molecule has 0 saturated carbocycles. The highest BCUT2D eigenvalue weighted by Crippen LogP contribution is 2.49. The molecule has 0 aliphatic carbocycles. The van der Waals surface area contributed by atoms with Crippen molar-refractivity contribution >= 4 is 132 Å². The second-order valence-electron chi connectivity index (χ2n) is 25.1. The molecule has 0 saturated heterocycles. The van der Waals surface area contributed by atoms with E-state index in [9.17, 15) is 0 Å². The molecule has 0 atom stereocenters. The topological polar surface area (TPSA) is 9.72 Å². The summed E-state index contributed by atoms with van der Waals surface area (Å²) in [6, 6.07) is 151. The Hall–Kier alpha value is -11.8. The number of para-hydroxylation sites is 2. The van der Waals surface area contributed by atoms with E-state index in [2.05, 4.69) is 415 Å². The third kappa shape index (κ3) is 9.88. The highest BCUT2D eigenvalue weighted by Gasteiger charge is 2.48. The molecule has 0 fully saturated rings. The van der Waals surface area contributed by atoms with Crippen LogP contribution >= 0.6 is 0 Å². The minimum absolute atomic E-state index is 0.199. The highest BCUT2D eigenvalue weighted by atomic mass is 28.3. The van der Waals surface area contributed by atoms with Crippen molar-refractivity contribution in [3.05, 3.63) is 400 Å². The summed E-state index contributed by atoms with van der Waals surface area (Å²) in [5.74, 6) is 0. The van der Waals surface area contributed by atoms with Crippen molar-refractivity contribution in [1.82, 2.24) is 0 Å². The molecule has 0 bridgehead atoms. The van der Waals surface area contributed by atoms with Gasteiger partial charge in [0.1, 0.15) is 0 Å². The summed E-state index contributed by atoms with van der Waals surface area (Å²) in [4.78, 5) is 7.72. The largest absolute Gasteiger partial charge is 0.311 e. The van der Waals surface area contributed by atoms with Crippen LogP contribution in [0.3, 0.4) is 0 Å². The molecule has 6 heteroatoms. The third-order valence-corrected chi connectivity index (χ3v) is 29.4. The van der Waals surface area contributed by atoms with Gasteiger partial charge in [-0.1, -0.05) is 328 Å². The summed E-state index contributed by atoms with van der Waals surface area (Å²) >= 11 is 0. The van der Waals surface area contributed by atoms with Crippen LogP contribution in [0.4, 0.5) is 51.2 Å². The van der Waals surface area contributed by atoms with Gasteiger partial charge in [-0.15, -0.1) is 0 Å². The van der Waals surface area contributed by atoms with Gasteiger partial charge < -0.3 is 14.7 Å². The van der Waals surface area contributed by atoms with Crippen LogP contribution in [0.15, 0.2) is 400 Å². The van der Waals surface area contributed by atoms with E-state index >= 15 is 0 Å². The fourth-order valence-electron chi connectivity index (χ4n) is 15.8. The first kappa shape index (κ1) is 58.1. The lowest BCUT2D eigenvalue weighted by Gasteiger charge is -2.46. The van der Waals surface area contributed by atoms with Crippen molar-refractivity contribution in [2.45, 2.75) is 0 Å². The van der Waals surface area contributed by atoms with Gasteiger partial charge in [-0.3, -0.25) is 0 Å². The standard InChI is InChI=1S/C90H66BN3Si2/c1-11-33-67(34-12-1)69-37-31-42-73(61-69)93-86-62-70(68-35-13-2-14-36-68)57-59-84(86)91-85-60-58-83(96(79-50-25-8-26-51-79,80-52-27-9-28-53-80)81-54-29-10-30-55-81)66-87(85)94(89-65-75(64-88(93)90(89)91)92(71-38-15-3-16-39-71)72-40-17-4-18-41-72)74-43-32-56-82(63-74)95(76-44-19-5-20-45-76,77-46-21-6-22-47-77)78-48-23-7-24-49-78/h1-66H. The number of anilines is 9. The average Bonchev–Trinajstić information content (AvgIpc) is 0.698. The lowest BCUT2D eigenvalue weighted by molar-refractivity contribution is 1.23. The molecule has 0 unspecified atom stereocenters. The maximum atomic E-state index is 2.68. The van der Waals surface area contributed by atoms with Crippen LogP contribution in [0.2, 0.25) is 0 Å². The van der Waals surface area contributed by atoms with E-state index < -0.39 is 16.1 Å². The van der Waals surface area contributed by atoms with E-state index in [0.717, 1.165) is 62.3 Å². The average molecular weight is 1260 g/mol. The van der Waals surface area contributed by atoms with Crippen molar-refractivity contribution in [2.75, 3.05) is 14.7 Å². The van der Waals surface area contributed by atoms with E-state index in [1.807, 2.05) is 0 Å². The van der Waals surface area contributed by atoms with Crippen LogP contribution in [0.25, 0.3) is 22.3 Å². The molecule has 452 valence electrons. The minimum Gasteiger partial charge on any atom is -0.311 e. The summed E-state index contributed by atoms with van der Waals surface area (Å²) in [5, 5.41) is 10.6. The number of fused-ring (bicyclic) bond motifs is 4. The number of benzene rings is 15. The van der Waals surface area contributed by atoms with Gasteiger partial charge in [0.05, 0.1) is 5.69 Å². The third-order valence-electron chi connectivity index (χ3n) is 19.9. The maximum absolute atomic E-state index is 3.14. The van der Waals surface area contributed by atoms with Gasteiger partial charge in [-0.05, 0) is 153 Å². The molecule has 0 spiro atoms. The normalized spacial score (nSPS) is 12.3. The summed E-state index contributed by atoms with van der Waals surface area (Å²) in [6.07, 6.45) is 0. The van der Waals surface area contributed by atoms with Crippen molar-refractivity contribution in [3.63, 3.8) is 0 Å². The summed E-state index contributed by atoms with van der Waals surface area (Å²) in [7, 11) is -6.24. The molecule has 0 radical (unpaired) electrons. The van der Waals surface area contributed by atoms with Crippen molar-refractivity contribution in [2.24, 2.45) is 0 Å². The predicted octanol–water partition coefficient (Wildman–Crippen LogP) is 15.3. The number of rotatable bonds is 15. The molecule has 2 heterocycles. The Labute approximate surface area is 565 Å². The van der Waals surface area contributed by atoms with Gasteiger partial charge in [0.2, 0.25) is 0 Å². The van der Waals surface area contributed by atoms with E-state index in [1.54, 1.807) is 0 Å². The molecule has 0 N–H and O–H groups in total. The Morgan fingerprint density at radius 1 is 0.208 bits per heavy atom. The summed E-state index contributed by atoms with van der Waals surface area (Å²) < 4.78 is 0. The number of hydrogen-bond donors (Lipinski definition) is 0. The molecule has 2 aliphatic heterocycles. The quantitative estimate of drug-likeness (QED) is 0.0748. The number of hydrogen-bond acceptors (Lipinski definition) is 3. The zero-order valence-corrected chi connectivity index (χ0v) is 55.0. The maximum Gasteiger partial charge on any atom is 0.252 e. The van der Waals surface area contributed by atoms with Gasteiger partial charge in [0, 0.05) is 45.5 Å². The van der Waals surface area contributed by atoms with E-state index in [4.69, 9.17) is 0 Å². The number of nitrogens with zero attached hydrogens (tertiary/aromatic N) is 3. The smallest absolute Gasteiger partial charge is 0.252 e. The van der Waals surface area contributed by atoms with Crippen LogP contribution in [0.5, 0.6) is 0 Å². The van der Waals surface area contributed by atoms with E-state index in [-0.39, 0.29) is 6.71 Å². The summed E-state index contributed by atoms with van der Waals surface area (Å²) in [6.45, 7) is -0.199. The SMILES string of the molecule is c1ccc(-c2cccc(N3c4cc(-c5ccccc5)ccc4B4c5ccc([Si](c6ccccc6)(c6ccccc6)c6ccccc6)cc5N(c5cccc([Si](c6ccccc6)(c6ccccc6)c6ccccc6)c5)c5cc(N(c6ccccc6)c6ccccc6)cc3c54)c2)cc1. The zero-order valence-electron chi connectivity index (χ0n) is 53.0. The second-order valence-corrected chi connectivity index (χ2v) is 32.7. The fraction of sp³-hybridized carbons (Fsp3) is 0.